The zero-order chi connectivity index (χ0) is 17.4. The number of imidazole rings is 1. The summed E-state index contributed by atoms with van der Waals surface area (Å²) in [5.74, 6) is 0.216. The fourth-order valence-electron chi connectivity index (χ4n) is 3.32. The number of carbonyl (C=O) groups is 1. The average molecular weight is 337 g/mol. The highest BCUT2D eigenvalue weighted by Gasteiger charge is 2.21. The minimum Gasteiger partial charge on any atom is -0.343 e. The summed E-state index contributed by atoms with van der Waals surface area (Å²) in [5, 5.41) is 2.93. The fraction of sp³-hybridized carbons (Fsp3) is 0.333. The summed E-state index contributed by atoms with van der Waals surface area (Å²) in [4.78, 5) is 36.4. The predicted octanol–water partition coefficient (Wildman–Crippen LogP) is 1.79. The van der Waals surface area contributed by atoms with Crippen molar-refractivity contribution < 1.29 is 4.79 Å². The molecule has 1 amide bonds. The van der Waals surface area contributed by atoms with Crippen LogP contribution in [0.3, 0.4) is 0 Å². The summed E-state index contributed by atoms with van der Waals surface area (Å²) in [7, 11) is 0. The van der Waals surface area contributed by atoms with E-state index in [1.165, 1.54) is 0 Å². The number of nitrogens with one attached hydrogen (secondary N) is 2. The smallest absolute Gasteiger partial charge is 0.261 e. The van der Waals surface area contributed by atoms with Gasteiger partial charge >= 0.3 is 0 Å². The van der Waals surface area contributed by atoms with Gasteiger partial charge in [0, 0.05) is 24.3 Å². The van der Waals surface area contributed by atoms with Gasteiger partial charge in [-0.2, -0.15) is 0 Å². The molecule has 0 saturated carbocycles. The van der Waals surface area contributed by atoms with Crippen LogP contribution in [0.1, 0.15) is 53.1 Å². The van der Waals surface area contributed by atoms with Crippen molar-refractivity contribution in [3.8, 4) is 0 Å². The molecule has 25 heavy (non-hydrogen) atoms. The van der Waals surface area contributed by atoms with Gasteiger partial charge in [0.2, 0.25) is 5.78 Å². The van der Waals surface area contributed by atoms with Gasteiger partial charge in [-0.15, -0.1) is 0 Å². The van der Waals surface area contributed by atoms with E-state index in [9.17, 15) is 9.59 Å². The second-order valence-corrected chi connectivity index (χ2v) is 6.30. The molecule has 7 heteroatoms. The van der Waals surface area contributed by atoms with E-state index in [4.69, 9.17) is 0 Å². The maximum Gasteiger partial charge on any atom is 0.261 e. The van der Waals surface area contributed by atoms with Crippen LogP contribution in [0.5, 0.6) is 0 Å². The lowest BCUT2D eigenvalue weighted by atomic mass is 10.1. The van der Waals surface area contributed by atoms with Gasteiger partial charge in [-0.05, 0) is 43.4 Å². The Morgan fingerprint density at radius 1 is 1.44 bits per heavy atom. The van der Waals surface area contributed by atoms with Gasteiger partial charge in [-0.3, -0.25) is 14.0 Å². The summed E-state index contributed by atoms with van der Waals surface area (Å²) in [6.07, 6.45) is 8.85. The summed E-state index contributed by atoms with van der Waals surface area (Å²) in [6.45, 7) is 1.97. The molecule has 3 aromatic heterocycles. The fourth-order valence-corrected chi connectivity index (χ4v) is 3.32. The van der Waals surface area contributed by atoms with Crippen LogP contribution in [0.2, 0.25) is 0 Å². The van der Waals surface area contributed by atoms with Crippen molar-refractivity contribution in [2.75, 3.05) is 0 Å². The van der Waals surface area contributed by atoms with Gasteiger partial charge in [0.15, 0.2) is 0 Å². The molecule has 1 aliphatic rings. The highest BCUT2D eigenvalue weighted by Crippen LogP contribution is 2.20. The van der Waals surface area contributed by atoms with Gasteiger partial charge in [-0.25, -0.2) is 9.97 Å². The zero-order valence-corrected chi connectivity index (χ0v) is 14.0. The largest absolute Gasteiger partial charge is 0.343 e. The van der Waals surface area contributed by atoms with Gasteiger partial charge in [0.05, 0.1) is 11.7 Å². The van der Waals surface area contributed by atoms with E-state index in [0.717, 1.165) is 36.2 Å². The first-order chi connectivity index (χ1) is 12.2. The number of aromatic amines is 1. The number of rotatable bonds is 4. The first kappa shape index (κ1) is 15.6. The quantitative estimate of drug-likeness (QED) is 0.759. The van der Waals surface area contributed by atoms with Crippen LogP contribution in [-0.4, -0.2) is 25.3 Å². The molecule has 0 unspecified atom stereocenters. The van der Waals surface area contributed by atoms with Crippen molar-refractivity contribution in [1.82, 2.24) is 24.7 Å². The SMILES string of the molecule is CC[C@H](NC(=O)c1cc2c([nH]c1=O)CCC2)c1cn2cccnc2n1. The molecule has 0 spiro atoms. The molecule has 2 N–H and O–H groups in total. The topological polar surface area (TPSA) is 92.2 Å². The highest BCUT2D eigenvalue weighted by molar-refractivity contribution is 5.94. The molecule has 3 heterocycles. The molecule has 3 aromatic rings. The molecule has 0 saturated heterocycles. The maximum atomic E-state index is 12.6. The number of pyridine rings is 1. The number of aromatic nitrogens is 4. The molecular formula is C18H19N5O2. The Labute approximate surface area is 144 Å². The molecule has 0 fully saturated rings. The van der Waals surface area contributed by atoms with Crippen LogP contribution < -0.4 is 10.9 Å². The maximum absolute atomic E-state index is 12.6. The Bertz CT molecular complexity index is 971. The third-order valence-electron chi connectivity index (χ3n) is 4.66. The first-order valence-electron chi connectivity index (χ1n) is 8.51. The lowest BCUT2D eigenvalue weighted by molar-refractivity contribution is 0.0933. The number of amides is 1. The Balaban J connectivity index is 1.61. The molecule has 1 atom stereocenters. The van der Waals surface area contributed by atoms with Crippen molar-refractivity contribution in [3.05, 3.63) is 63.6 Å². The molecule has 4 rings (SSSR count). The monoisotopic (exact) mass is 337 g/mol. The summed E-state index contributed by atoms with van der Waals surface area (Å²) >= 11 is 0. The molecule has 7 nitrogen and oxygen atoms in total. The predicted molar refractivity (Wildman–Crippen MR) is 92.6 cm³/mol. The third kappa shape index (κ3) is 2.82. The van der Waals surface area contributed by atoms with Crippen molar-refractivity contribution in [2.45, 2.75) is 38.6 Å². The normalized spacial score (nSPS) is 14.4. The molecule has 1 aliphatic carbocycles. The molecule has 0 aromatic carbocycles. The average Bonchev–Trinajstić information content (AvgIpc) is 3.24. The Hall–Kier alpha value is -2.96. The van der Waals surface area contributed by atoms with Crippen LogP contribution in [-0.2, 0) is 12.8 Å². The Morgan fingerprint density at radius 3 is 3.12 bits per heavy atom. The van der Waals surface area contributed by atoms with E-state index < -0.39 is 0 Å². The van der Waals surface area contributed by atoms with E-state index in [2.05, 4.69) is 20.3 Å². The second kappa shape index (κ2) is 6.16. The van der Waals surface area contributed by atoms with Crippen molar-refractivity contribution >= 4 is 11.7 Å². The summed E-state index contributed by atoms with van der Waals surface area (Å²) in [6, 6.07) is 3.28. The zero-order valence-electron chi connectivity index (χ0n) is 14.0. The lowest BCUT2D eigenvalue weighted by Crippen LogP contribution is -2.33. The van der Waals surface area contributed by atoms with E-state index in [-0.39, 0.29) is 23.1 Å². The molecule has 0 bridgehead atoms. The van der Waals surface area contributed by atoms with Crippen LogP contribution >= 0.6 is 0 Å². The minimum atomic E-state index is -0.368. The Kier molecular flexibility index (Phi) is 3.83. The van der Waals surface area contributed by atoms with Gasteiger partial charge in [0.25, 0.3) is 11.5 Å². The number of hydrogen-bond acceptors (Lipinski definition) is 4. The standard InChI is InChI=1S/C18H19N5O2/c1-2-13(15-10-23-8-4-7-19-18(23)22-15)20-16(24)12-9-11-5-3-6-14(11)21-17(12)25/h4,7-10,13H,2-3,5-6H2,1H3,(H,20,24)(H,21,25)/t13-/m0/s1. The number of H-pyrrole nitrogens is 1. The number of hydrogen-bond donors (Lipinski definition) is 2. The molecule has 0 radical (unpaired) electrons. The molecular weight excluding hydrogens is 318 g/mol. The van der Waals surface area contributed by atoms with Crippen molar-refractivity contribution in [3.63, 3.8) is 0 Å². The summed E-state index contributed by atoms with van der Waals surface area (Å²) in [5.41, 5.74) is 2.59. The minimum absolute atomic E-state index is 0.168. The van der Waals surface area contributed by atoms with Crippen LogP contribution in [0.25, 0.3) is 5.78 Å². The lowest BCUT2D eigenvalue weighted by Gasteiger charge is -2.14. The number of aryl methyl sites for hydroxylation is 2. The van der Waals surface area contributed by atoms with Gasteiger partial charge in [-0.1, -0.05) is 6.92 Å². The van der Waals surface area contributed by atoms with Crippen LogP contribution in [0.4, 0.5) is 0 Å². The van der Waals surface area contributed by atoms with E-state index in [1.807, 2.05) is 29.8 Å². The third-order valence-corrected chi connectivity index (χ3v) is 4.66. The number of nitrogens with zero attached hydrogens (tertiary/aromatic N) is 3. The first-order valence-corrected chi connectivity index (χ1v) is 8.51. The molecule has 0 aliphatic heterocycles. The van der Waals surface area contributed by atoms with Crippen molar-refractivity contribution in [1.29, 1.82) is 0 Å². The van der Waals surface area contributed by atoms with Gasteiger partial charge < -0.3 is 10.3 Å². The van der Waals surface area contributed by atoms with Crippen LogP contribution in [0.15, 0.2) is 35.5 Å². The Morgan fingerprint density at radius 2 is 2.32 bits per heavy atom. The van der Waals surface area contributed by atoms with E-state index in [1.54, 1.807) is 12.3 Å². The van der Waals surface area contributed by atoms with Crippen LogP contribution in [0, 0.1) is 0 Å². The second-order valence-electron chi connectivity index (χ2n) is 6.30. The number of fused-ring (bicyclic) bond motifs is 2. The highest BCUT2D eigenvalue weighted by atomic mass is 16.2. The number of carbonyl (C=O) groups excluding carboxylic acids is 1. The molecule has 128 valence electrons. The van der Waals surface area contributed by atoms with Crippen molar-refractivity contribution in [2.24, 2.45) is 0 Å². The van der Waals surface area contributed by atoms with E-state index >= 15 is 0 Å². The summed E-state index contributed by atoms with van der Waals surface area (Å²) < 4.78 is 1.81. The van der Waals surface area contributed by atoms with Gasteiger partial charge in [0.1, 0.15) is 5.56 Å². The van der Waals surface area contributed by atoms with E-state index in [0.29, 0.717) is 12.2 Å².